The molecule has 1 amide bonds. The van der Waals surface area contributed by atoms with Crippen molar-refractivity contribution >= 4 is 13.7 Å². The molecule has 0 aliphatic rings. The van der Waals surface area contributed by atoms with E-state index in [0.29, 0.717) is 0 Å². The molecule has 0 aliphatic heterocycles. The zero-order valence-electron chi connectivity index (χ0n) is 6.52. The molecule has 6 nitrogen and oxygen atoms in total. The molecule has 1 unspecified atom stereocenters. The minimum Gasteiger partial charge on any atom is -0.301 e. The molecule has 0 bridgehead atoms. The summed E-state index contributed by atoms with van der Waals surface area (Å²) in [6.07, 6.45) is 0.895. The summed E-state index contributed by atoms with van der Waals surface area (Å²) in [5.41, 5.74) is 1.66. The molecule has 0 fully saturated rings. The first kappa shape index (κ1) is 11.3. The summed E-state index contributed by atoms with van der Waals surface area (Å²) in [7, 11) is -4.14. The number of hydroxylamine groups is 1. The van der Waals surface area contributed by atoms with E-state index in [-0.39, 0.29) is 6.61 Å². The molecule has 0 heterocycles. The monoisotopic (exact) mass is 195 g/mol. The number of hydrogen-bond donors (Lipinski definition) is 2. The summed E-state index contributed by atoms with van der Waals surface area (Å²) < 4.78 is 19.0. The third-order valence-electron chi connectivity index (χ3n) is 0.739. The first-order valence-corrected chi connectivity index (χ1v) is 4.59. The predicted octanol–water partition coefficient (Wildman–Crippen LogP) is 0.357. The van der Waals surface area contributed by atoms with Crippen molar-refractivity contribution in [3.63, 3.8) is 0 Å². The third kappa shape index (κ3) is 5.03. The molecular weight excluding hydrogens is 185 g/mol. The minimum absolute atomic E-state index is 0.0116. The largest absolute Gasteiger partial charge is 0.493 e. The number of rotatable bonds is 5. The summed E-state index contributed by atoms with van der Waals surface area (Å²) in [4.78, 5) is 19.1. The highest BCUT2D eigenvalue weighted by molar-refractivity contribution is 7.47. The van der Waals surface area contributed by atoms with Gasteiger partial charge >= 0.3 is 7.82 Å². The van der Waals surface area contributed by atoms with Gasteiger partial charge in [0.2, 0.25) is 0 Å². The Balaban J connectivity index is 3.83. The van der Waals surface area contributed by atoms with Crippen molar-refractivity contribution < 1.29 is 23.4 Å². The molecule has 0 saturated heterocycles. The Morgan fingerprint density at radius 1 is 1.83 bits per heavy atom. The van der Waals surface area contributed by atoms with E-state index in [1.165, 1.54) is 6.92 Å². The van der Waals surface area contributed by atoms with E-state index in [1.807, 2.05) is 0 Å². The van der Waals surface area contributed by atoms with Crippen molar-refractivity contribution in [1.82, 2.24) is 5.48 Å². The topological polar surface area (TPSA) is 84.9 Å². The average Bonchev–Trinajstić information content (AvgIpc) is 2.00. The highest BCUT2D eigenvalue weighted by Crippen LogP contribution is 2.41. The summed E-state index contributed by atoms with van der Waals surface area (Å²) in [6.45, 7) is 4.63. The SMILES string of the molecule is C=CC(=O)NOP(=O)(O)OCC. The molecule has 12 heavy (non-hydrogen) atoms. The fraction of sp³-hybridized carbons (Fsp3) is 0.400. The number of hydrogen-bond acceptors (Lipinski definition) is 4. The molecule has 0 rings (SSSR count). The molecule has 7 heteroatoms. The van der Waals surface area contributed by atoms with Gasteiger partial charge < -0.3 is 4.89 Å². The molecule has 0 spiro atoms. The molecule has 2 N–H and O–H groups in total. The number of carbonyl (C=O) groups is 1. The average molecular weight is 195 g/mol. The number of phosphoric ester groups is 1. The van der Waals surface area contributed by atoms with Gasteiger partial charge in [0.05, 0.1) is 6.61 Å². The number of amides is 1. The van der Waals surface area contributed by atoms with Gasteiger partial charge in [0.1, 0.15) is 0 Å². The lowest BCUT2D eigenvalue weighted by molar-refractivity contribution is -0.123. The fourth-order valence-electron chi connectivity index (χ4n) is 0.334. The second-order valence-electron chi connectivity index (χ2n) is 1.65. The van der Waals surface area contributed by atoms with Gasteiger partial charge in [0, 0.05) is 0 Å². The molecule has 0 aromatic carbocycles. The highest BCUT2D eigenvalue weighted by atomic mass is 31.2. The fourth-order valence-corrected chi connectivity index (χ4v) is 0.918. The number of nitrogens with one attached hydrogen (secondary N) is 1. The standard InChI is InChI=1S/C5H10NO5P/c1-3-5(7)6-11-12(8,9)10-4-2/h3H,1,4H2,2H3,(H,6,7)(H,8,9). The maximum Gasteiger partial charge on any atom is 0.493 e. The van der Waals surface area contributed by atoms with Crippen LogP contribution in [0.15, 0.2) is 12.7 Å². The van der Waals surface area contributed by atoms with Crippen LogP contribution in [0, 0.1) is 0 Å². The van der Waals surface area contributed by atoms with Crippen LogP contribution in [0.1, 0.15) is 6.92 Å². The number of carbonyl (C=O) groups excluding carboxylic acids is 1. The molecule has 1 atom stereocenters. The van der Waals surface area contributed by atoms with Crippen molar-refractivity contribution in [2.24, 2.45) is 0 Å². The first-order chi connectivity index (χ1) is 5.52. The van der Waals surface area contributed by atoms with Crippen LogP contribution in [0.5, 0.6) is 0 Å². The molecule has 70 valence electrons. The zero-order chi connectivity index (χ0) is 9.61. The summed E-state index contributed by atoms with van der Waals surface area (Å²) in [5.74, 6) is -0.719. The lowest BCUT2D eigenvalue weighted by Gasteiger charge is -2.08. The normalized spacial score (nSPS) is 14.8. The van der Waals surface area contributed by atoms with E-state index in [2.05, 4.69) is 15.7 Å². The first-order valence-electron chi connectivity index (χ1n) is 3.10. The zero-order valence-corrected chi connectivity index (χ0v) is 7.41. The second-order valence-corrected chi connectivity index (χ2v) is 3.03. The van der Waals surface area contributed by atoms with Gasteiger partial charge in [-0.3, -0.25) is 9.32 Å². The van der Waals surface area contributed by atoms with Gasteiger partial charge in [-0.25, -0.2) is 10.0 Å². The maximum absolute atomic E-state index is 10.7. The summed E-state index contributed by atoms with van der Waals surface area (Å²) in [6, 6.07) is 0. The Kier molecular flexibility index (Phi) is 4.77. The van der Waals surface area contributed by atoms with Crippen LogP contribution in [-0.4, -0.2) is 17.4 Å². The van der Waals surface area contributed by atoms with Crippen LogP contribution in [-0.2, 0) is 18.5 Å². The van der Waals surface area contributed by atoms with Crippen molar-refractivity contribution in [2.75, 3.05) is 6.61 Å². The van der Waals surface area contributed by atoms with E-state index < -0.39 is 13.7 Å². The quantitative estimate of drug-likeness (QED) is 0.375. The third-order valence-corrected chi connectivity index (χ3v) is 1.65. The molecule has 0 aromatic heterocycles. The van der Waals surface area contributed by atoms with Gasteiger partial charge in [0.15, 0.2) is 0 Å². The van der Waals surface area contributed by atoms with Gasteiger partial charge in [-0.05, 0) is 13.0 Å². The number of phosphoric acid groups is 1. The lowest BCUT2D eigenvalue weighted by atomic mass is 10.6. The molecular formula is C5H10NO5P. The van der Waals surface area contributed by atoms with Gasteiger partial charge in [-0.15, -0.1) is 0 Å². The van der Waals surface area contributed by atoms with Crippen LogP contribution in [0.2, 0.25) is 0 Å². The van der Waals surface area contributed by atoms with Crippen LogP contribution in [0.4, 0.5) is 0 Å². The summed E-state index contributed by atoms with van der Waals surface area (Å²) in [5, 5.41) is 0. The van der Waals surface area contributed by atoms with E-state index in [1.54, 1.807) is 5.48 Å². The van der Waals surface area contributed by atoms with Gasteiger partial charge in [-0.2, -0.15) is 4.62 Å². The van der Waals surface area contributed by atoms with Crippen molar-refractivity contribution in [3.05, 3.63) is 12.7 Å². The summed E-state index contributed by atoms with van der Waals surface area (Å²) >= 11 is 0. The maximum atomic E-state index is 10.7. The van der Waals surface area contributed by atoms with E-state index in [4.69, 9.17) is 4.89 Å². The van der Waals surface area contributed by atoms with Gasteiger partial charge in [-0.1, -0.05) is 6.58 Å². The van der Waals surface area contributed by atoms with E-state index >= 15 is 0 Å². The molecule has 0 aromatic rings. The Morgan fingerprint density at radius 3 is 2.83 bits per heavy atom. The lowest BCUT2D eigenvalue weighted by Crippen LogP contribution is -2.20. The Bertz CT molecular complexity index is 216. The van der Waals surface area contributed by atoms with E-state index in [0.717, 1.165) is 6.08 Å². The van der Waals surface area contributed by atoms with Crippen LogP contribution in [0.25, 0.3) is 0 Å². The Morgan fingerprint density at radius 2 is 2.42 bits per heavy atom. The van der Waals surface area contributed by atoms with Crippen LogP contribution in [0.3, 0.4) is 0 Å². The molecule has 0 saturated carbocycles. The van der Waals surface area contributed by atoms with Gasteiger partial charge in [0.25, 0.3) is 5.91 Å². The molecule has 0 aliphatic carbocycles. The Labute approximate surface area is 69.7 Å². The molecule has 0 radical (unpaired) electrons. The van der Waals surface area contributed by atoms with E-state index in [9.17, 15) is 9.36 Å². The van der Waals surface area contributed by atoms with Crippen molar-refractivity contribution in [2.45, 2.75) is 6.92 Å². The highest BCUT2D eigenvalue weighted by Gasteiger charge is 2.20. The second kappa shape index (κ2) is 5.05. The van der Waals surface area contributed by atoms with Crippen LogP contribution >= 0.6 is 7.82 Å². The minimum atomic E-state index is -4.14. The van der Waals surface area contributed by atoms with Crippen LogP contribution < -0.4 is 5.48 Å². The smallest absolute Gasteiger partial charge is 0.301 e. The Hall–Kier alpha value is -0.680. The van der Waals surface area contributed by atoms with Crippen molar-refractivity contribution in [1.29, 1.82) is 0 Å². The predicted molar refractivity (Wildman–Crippen MR) is 40.9 cm³/mol. The van der Waals surface area contributed by atoms with Crippen molar-refractivity contribution in [3.8, 4) is 0 Å².